The summed E-state index contributed by atoms with van der Waals surface area (Å²) < 4.78 is 21.6. The molecule has 0 spiro atoms. The lowest BCUT2D eigenvalue weighted by Crippen LogP contribution is -2.29. The minimum Gasteiger partial charge on any atom is -0.507 e. The van der Waals surface area contributed by atoms with E-state index in [4.69, 9.17) is 18.9 Å². The van der Waals surface area contributed by atoms with Crippen LogP contribution in [0.15, 0.2) is 42.0 Å². The molecule has 0 aliphatic carbocycles. The molecule has 38 heavy (non-hydrogen) atoms. The minimum absolute atomic E-state index is 0.141. The van der Waals surface area contributed by atoms with Gasteiger partial charge in [0.25, 0.3) is 5.78 Å². The van der Waals surface area contributed by atoms with E-state index in [1.54, 1.807) is 43.3 Å². The third kappa shape index (κ3) is 4.45. The zero-order valence-electron chi connectivity index (χ0n) is 21.6. The van der Waals surface area contributed by atoms with E-state index in [-0.39, 0.29) is 33.7 Å². The number of benzene rings is 2. The van der Waals surface area contributed by atoms with Crippen molar-refractivity contribution in [2.75, 3.05) is 33.3 Å². The maximum atomic E-state index is 13.5. The molecule has 198 valence electrons. The van der Waals surface area contributed by atoms with E-state index in [2.05, 4.69) is 4.98 Å². The summed E-state index contributed by atoms with van der Waals surface area (Å²) in [4.78, 5) is 45.0. The molecule has 1 aliphatic rings. The van der Waals surface area contributed by atoms with Gasteiger partial charge in [-0.15, -0.1) is 0 Å². The number of carbonyl (C=O) groups excluding carboxylic acids is 3. The number of aliphatic hydroxyl groups excluding tert-OH is 1. The first-order valence-corrected chi connectivity index (χ1v) is 12.2. The van der Waals surface area contributed by atoms with Crippen LogP contribution < -0.4 is 23.8 Å². The summed E-state index contributed by atoms with van der Waals surface area (Å²) in [5, 5.41) is 11.5. The Bertz CT molecular complexity index is 1430. The Morgan fingerprint density at radius 1 is 0.974 bits per heavy atom. The molecule has 0 saturated carbocycles. The van der Waals surface area contributed by atoms with Crippen molar-refractivity contribution in [1.82, 2.24) is 4.98 Å². The molecule has 2 heterocycles. The Morgan fingerprint density at radius 2 is 1.58 bits per heavy atom. The van der Waals surface area contributed by atoms with Crippen molar-refractivity contribution in [2.24, 2.45) is 0 Å². The highest BCUT2D eigenvalue weighted by Crippen LogP contribution is 2.48. The first-order chi connectivity index (χ1) is 18.2. The quantitative estimate of drug-likeness (QED) is 0.193. The fraction of sp³-hybridized carbons (Fsp3) is 0.259. The number of rotatable bonds is 8. The number of Topliss-reactive ketones (excluding diaryl/α,β-unsaturated/α-hetero) is 2. The second-order valence-electron chi connectivity index (χ2n) is 8.32. The standard InChI is InChI=1S/C27H26N2O8S/c1-13-25(14(2)30)38-27(28-13)29-21(16-11-18(35-4)24(37-6)19(12-16)36-5)20(23(32)26(29)33)22(31)15-7-9-17(34-3)10-8-15/h7-12,21,31H,1-6H3/b22-20+. The Kier molecular flexibility index (Phi) is 7.40. The first-order valence-electron chi connectivity index (χ1n) is 11.4. The Morgan fingerprint density at radius 3 is 2.05 bits per heavy atom. The number of hydrogen-bond donors (Lipinski definition) is 1. The number of thiazole rings is 1. The van der Waals surface area contributed by atoms with Gasteiger partial charge in [-0.1, -0.05) is 11.3 Å². The number of ketones is 2. The van der Waals surface area contributed by atoms with Gasteiger partial charge in [0.1, 0.15) is 11.5 Å². The van der Waals surface area contributed by atoms with Crippen LogP contribution in [0.5, 0.6) is 23.0 Å². The fourth-order valence-corrected chi connectivity index (χ4v) is 5.31. The van der Waals surface area contributed by atoms with Crippen LogP contribution in [0.4, 0.5) is 5.13 Å². The number of amides is 1. The molecular formula is C27H26N2O8S. The van der Waals surface area contributed by atoms with Gasteiger partial charge in [-0.05, 0) is 48.9 Å². The molecule has 1 saturated heterocycles. The molecule has 2 aromatic carbocycles. The van der Waals surface area contributed by atoms with Crippen molar-refractivity contribution < 1.29 is 38.4 Å². The second kappa shape index (κ2) is 10.5. The van der Waals surface area contributed by atoms with Gasteiger partial charge in [-0.3, -0.25) is 19.3 Å². The number of carbonyl (C=O) groups is 3. The number of aryl methyl sites for hydroxylation is 1. The predicted molar refractivity (Wildman–Crippen MR) is 141 cm³/mol. The number of aromatic nitrogens is 1. The smallest absolute Gasteiger partial charge is 0.301 e. The number of hydrogen-bond acceptors (Lipinski definition) is 10. The van der Waals surface area contributed by atoms with Crippen molar-refractivity contribution in [2.45, 2.75) is 19.9 Å². The lowest BCUT2D eigenvalue weighted by atomic mass is 9.94. The Balaban J connectivity index is 2.01. The van der Waals surface area contributed by atoms with Crippen LogP contribution in [-0.4, -0.2) is 56.0 Å². The lowest BCUT2D eigenvalue weighted by Gasteiger charge is -2.24. The molecule has 0 radical (unpaired) electrons. The highest BCUT2D eigenvalue weighted by Gasteiger charge is 2.49. The van der Waals surface area contributed by atoms with E-state index in [9.17, 15) is 19.5 Å². The van der Waals surface area contributed by atoms with Crippen LogP contribution in [0.25, 0.3) is 5.76 Å². The summed E-state index contributed by atoms with van der Waals surface area (Å²) in [6.07, 6.45) is 0. The predicted octanol–water partition coefficient (Wildman–Crippen LogP) is 4.31. The number of methoxy groups -OCH3 is 4. The summed E-state index contributed by atoms with van der Waals surface area (Å²) in [6.45, 7) is 3.05. The second-order valence-corrected chi connectivity index (χ2v) is 9.30. The molecule has 1 fully saturated rings. The van der Waals surface area contributed by atoms with Gasteiger partial charge in [0.2, 0.25) is 5.75 Å². The van der Waals surface area contributed by atoms with E-state index in [0.717, 1.165) is 11.3 Å². The monoisotopic (exact) mass is 538 g/mol. The normalized spacial score (nSPS) is 16.5. The molecule has 1 atom stereocenters. The van der Waals surface area contributed by atoms with Gasteiger partial charge in [0.15, 0.2) is 22.4 Å². The summed E-state index contributed by atoms with van der Waals surface area (Å²) in [6, 6.07) is 8.49. The van der Waals surface area contributed by atoms with Gasteiger partial charge in [0.05, 0.1) is 50.6 Å². The summed E-state index contributed by atoms with van der Waals surface area (Å²) in [5.41, 5.74) is 0.969. The van der Waals surface area contributed by atoms with Gasteiger partial charge in [-0.25, -0.2) is 4.98 Å². The molecule has 1 aliphatic heterocycles. The van der Waals surface area contributed by atoms with Crippen LogP contribution in [-0.2, 0) is 9.59 Å². The first kappa shape index (κ1) is 26.7. The highest BCUT2D eigenvalue weighted by atomic mass is 32.1. The van der Waals surface area contributed by atoms with Crippen LogP contribution in [0, 0.1) is 6.92 Å². The zero-order valence-corrected chi connectivity index (χ0v) is 22.5. The number of anilines is 1. The number of nitrogens with zero attached hydrogens (tertiary/aromatic N) is 2. The molecule has 10 nitrogen and oxygen atoms in total. The van der Waals surface area contributed by atoms with Crippen LogP contribution in [0.2, 0.25) is 0 Å². The molecule has 4 rings (SSSR count). The third-order valence-corrected chi connectivity index (χ3v) is 7.38. The molecule has 1 aromatic heterocycles. The molecule has 0 bridgehead atoms. The molecule has 11 heteroatoms. The van der Waals surface area contributed by atoms with Crippen LogP contribution >= 0.6 is 11.3 Å². The largest absolute Gasteiger partial charge is 0.507 e. The minimum atomic E-state index is -1.11. The SMILES string of the molecule is COc1ccc(/C(O)=C2\C(=O)C(=O)N(c3nc(C)c(C(C)=O)s3)C2c2cc(OC)c(OC)c(OC)c2)cc1. The Labute approximate surface area is 223 Å². The molecular weight excluding hydrogens is 512 g/mol. The van der Waals surface area contributed by atoms with E-state index >= 15 is 0 Å². The van der Waals surface area contributed by atoms with Crippen molar-refractivity contribution in [1.29, 1.82) is 0 Å². The maximum Gasteiger partial charge on any atom is 0.301 e. The van der Waals surface area contributed by atoms with Crippen molar-refractivity contribution in [3.8, 4) is 23.0 Å². The van der Waals surface area contributed by atoms with Crippen molar-refractivity contribution >= 4 is 39.7 Å². The van der Waals surface area contributed by atoms with E-state index in [0.29, 0.717) is 33.2 Å². The zero-order chi connectivity index (χ0) is 27.7. The van der Waals surface area contributed by atoms with Crippen LogP contribution in [0.1, 0.15) is 39.5 Å². The molecule has 3 aromatic rings. The summed E-state index contributed by atoms with van der Waals surface area (Å²) in [7, 11) is 5.85. The number of aliphatic hydroxyl groups is 1. The molecule has 1 unspecified atom stereocenters. The Hall–Kier alpha value is -4.38. The fourth-order valence-electron chi connectivity index (χ4n) is 4.32. The lowest BCUT2D eigenvalue weighted by molar-refractivity contribution is -0.132. The van der Waals surface area contributed by atoms with Gasteiger partial charge in [0, 0.05) is 12.5 Å². The van der Waals surface area contributed by atoms with E-state index < -0.39 is 17.7 Å². The number of ether oxygens (including phenoxy) is 4. The van der Waals surface area contributed by atoms with Gasteiger partial charge in [-0.2, -0.15) is 0 Å². The van der Waals surface area contributed by atoms with Crippen LogP contribution in [0.3, 0.4) is 0 Å². The third-order valence-electron chi connectivity index (χ3n) is 6.12. The van der Waals surface area contributed by atoms with Crippen molar-refractivity contribution in [3.05, 3.63) is 63.7 Å². The molecule has 1 amide bonds. The highest BCUT2D eigenvalue weighted by molar-refractivity contribution is 7.18. The summed E-state index contributed by atoms with van der Waals surface area (Å²) >= 11 is 0.995. The van der Waals surface area contributed by atoms with E-state index in [1.165, 1.54) is 40.3 Å². The summed E-state index contributed by atoms with van der Waals surface area (Å²) in [5.74, 6) is -0.962. The average molecular weight is 539 g/mol. The average Bonchev–Trinajstić information content (AvgIpc) is 3.43. The topological polar surface area (TPSA) is 124 Å². The molecule has 1 N–H and O–H groups in total. The van der Waals surface area contributed by atoms with E-state index in [1.807, 2.05) is 0 Å². The van der Waals surface area contributed by atoms with Gasteiger partial charge >= 0.3 is 5.91 Å². The van der Waals surface area contributed by atoms with Crippen molar-refractivity contribution in [3.63, 3.8) is 0 Å². The maximum absolute atomic E-state index is 13.5. The van der Waals surface area contributed by atoms with Gasteiger partial charge < -0.3 is 24.1 Å².